The van der Waals surface area contributed by atoms with Crippen LogP contribution >= 0.6 is 0 Å². The van der Waals surface area contributed by atoms with Crippen LogP contribution in [0, 0.1) is 11.6 Å². The van der Waals surface area contributed by atoms with Gasteiger partial charge in [-0.2, -0.15) is 0 Å². The first-order chi connectivity index (χ1) is 9.66. The fourth-order valence-corrected chi connectivity index (χ4v) is 1.98. The normalized spacial score (nSPS) is 10.7. The maximum Gasteiger partial charge on any atom is 0.150 e. The largest absolute Gasteiger partial charge is 0.398 e. The highest BCUT2D eigenvalue weighted by Crippen LogP contribution is 2.27. The van der Waals surface area contributed by atoms with Gasteiger partial charge in [-0.15, -0.1) is 0 Å². The van der Waals surface area contributed by atoms with E-state index in [-0.39, 0.29) is 5.69 Å². The minimum absolute atomic E-state index is 0.196. The van der Waals surface area contributed by atoms with Gasteiger partial charge in [0, 0.05) is 29.7 Å². The summed E-state index contributed by atoms with van der Waals surface area (Å²) in [4.78, 5) is 8.00. The maximum atomic E-state index is 13.9. The Balaban J connectivity index is 2.18. The molecule has 0 saturated heterocycles. The lowest BCUT2D eigenvalue weighted by atomic mass is 10.2. The van der Waals surface area contributed by atoms with Crippen LogP contribution in [0.3, 0.4) is 0 Å². The molecule has 0 radical (unpaired) electrons. The van der Waals surface area contributed by atoms with Crippen molar-refractivity contribution < 1.29 is 8.78 Å². The van der Waals surface area contributed by atoms with Gasteiger partial charge in [-0.25, -0.2) is 13.8 Å². The van der Waals surface area contributed by atoms with Gasteiger partial charge in [-0.05, 0) is 18.2 Å². The Morgan fingerprint density at radius 2 is 1.90 bits per heavy atom. The molecule has 100 valence electrons. The van der Waals surface area contributed by atoms with Gasteiger partial charge >= 0.3 is 0 Å². The predicted molar refractivity (Wildman–Crippen MR) is 71.1 cm³/mol. The zero-order chi connectivity index (χ0) is 14.1. The highest BCUT2D eigenvalue weighted by atomic mass is 19.1. The van der Waals surface area contributed by atoms with E-state index < -0.39 is 11.6 Å². The van der Waals surface area contributed by atoms with Crippen molar-refractivity contribution in [3.63, 3.8) is 0 Å². The van der Waals surface area contributed by atoms with Gasteiger partial charge in [0.15, 0.2) is 0 Å². The molecule has 3 aromatic rings. The molecule has 0 saturated carbocycles. The fraction of sp³-hybridized carbons (Fsp3) is 0. The van der Waals surface area contributed by atoms with E-state index in [0.717, 1.165) is 6.07 Å². The van der Waals surface area contributed by atoms with Gasteiger partial charge in [0.2, 0.25) is 0 Å². The molecule has 4 nitrogen and oxygen atoms in total. The Bertz CT molecular complexity index is 767. The van der Waals surface area contributed by atoms with Gasteiger partial charge in [0.25, 0.3) is 0 Å². The monoisotopic (exact) mass is 272 g/mol. The smallest absolute Gasteiger partial charge is 0.150 e. The molecular formula is C14H10F2N4. The number of rotatable bonds is 2. The summed E-state index contributed by atoms with van der Waals surface area (Å²) in [7, 11) is 0. The number of anilines is 1. The molecule has 0 aliphatic carbocycles. The van der Waals surface area contributed by atoms with Crippen molar-refractivity contribution in [3.05, 3.63) is 60.8 Å². The number of nitrogens with zero attached hydrogens (tertiary/aromatic N) is 3. The molecule has 0 bridgehead atoms. The molecule has 0 aliphatic heterocycles. The van der Waals surface area contributed by atoms with Crippen molar-refractivity contribution in [1.29, 1.82) is 0 Å². The fourth-order valence-electron chi connectivity index (χ4n) is 1.98. The lowest BCUT2D eigenvalue weighted by Crippen LogP contribution is -2.01. The average molecular weight is 272 g/mol. The first-order valence-corrected chi connectivity index (χ1v) is 5.84. The van der Waals surface area contributed by atoms with E-state index in [1.165, 1.54) is 23.0 Å². The van der Waals surface area contributed by atoms with Crippen molar-refractivity contribution in [2.24, 2.45) is 0 Å². The molecule has 6 heteroatoms. The molecular weight excluding hydrogens is 262 g/mol. The number of imidazole rings is 1. The van der Waals surface area contributed by atoms with Crippen molar-refractivity contribution in [2.75, 3.05) is 5.73 Å². The molecule has 20 heavy (non-hydrogen) atoms. The molecule has 0 spiro atoms. The van der Waals surface area contributed by atoms with Crippen molar-refractivity contribution in [3.8, 4) is 16.9 Å². The molecule has 0 aliphatic rings. The Labute approximate surface area is 113 Å². The Hall–Kier alpha value is -2.76. The Kier molecular flexibility index (Phi) is 2.90. The molecule has 2 aromatic heterocycles. The minimum atomic E-state index is -0.674. The summed E-state index contributed by atoms with van der Waals surface area (Å²) in [5.41, 5.74) is 7.80. The zero-order valence-corrected chi connectivity index (χ0v) is 10.3. The second kappa shape index (κ2) is 4.73. The van der Waals surface area contributed by atoms with Crippen LogP contribution in [0.25, 0.3) is 16.9 Å². The quantitative estimate of drug-likeness (QED) is 0.780. The summed E-state index contributed by atoms with van der Waals surface area (Å²) in [5.74, 6) is -1.31. The summed E-state index contributed by atoms with van der Waals surface area (Å²) in [6, 6.07) is 5.01. The third-order valence-electron chi connectivity index (χ3n) is 2.94. The van der Waals surface area contributed by atoms with Crippen molar-refractivity contribution in [2.45, 2.75) is 0 Å². The molecule has 1 aromatic carbocycles. The van der Waals surface area contributed by atoms with Crippen LogP contribution in [0.2, 0.25) is 0 Å². The van der Waals surface area contributed by atoms with Gasteiger partial charge in [-0.1, -0.05) is 0 Å². The SMILES string of the molecule is Nc1ccncc1-c1cncn1-c1ccc(F)cc1F. The zero-order valence-electron chi connectivity index (χ0n) is 10.3. The van der Waals surface area contributed by atoms with Crippen LogP contribution in [-0.2, 0) is 0 Å². The van der Waals surface area contributed by atoms with E-state index in [2.05, 4.69) is 9.97 Å². The number of aromatic nitrogens is 3. The standard InChI is InChI=1S/C14H10F2N4/c15-9-1-2-13(11(16)5-9)20-8-19-7-14(20)10-6-18-4-3-12(10)17/h1-8H,(H2,17,18). The second-order valence-corrected chi connectivity index (χ2v) is 4.21. The number of pyridine rings is 1. The number of halogens is 2. The van der Waals surface area contributed by atoms with E-state index >= 15 is 0 Å². The van der Waals surface area contributed by atoms with Gasteiger partial charge in [-0.3, -0.25) is 9.55 Å². The minimum Gasteiger partial charge on any atom is -0.398 e. The summed E-state index contributed by atoms with van der Waals surface area (Å²) >= 11 is 0. The number of benzene rings is 1. The summed E-state index contributed by atoms with van der Waals surface area (Å²) in [6.07, 6.45) is 6.14. The topological polar surface area (TPSA) is 56.7 Å². The lowest BCUT2D eigenvalue weighted by Gasteiger charge is -2.10. The average Bonchev–Trinajstić information content (AvgIpc) is 2.88. The van der Waals surface area contributed by atoms with Gasteiger partial charge in [0.05, 0.1) is 23.9 Å². The Morgan fingerprint density at radius 3 is 2.65 bits per heavy atom. The van der Waals surface area contributed by atoms with Gasteiger partial charge in [0.1, 0.15) is 11.6 Å². The van der Waals surface area contributed by atoms with Crippen molar-refractivity contribution in [1.82, 2.24) is 14.5 Å². The molecule has 3 rings (SSSR count). The molecule has 0 atom stereocenters. The number of hydrogen-bond acceptors (Lipinski definition) is 3. The summed E-state index contributed by atoms with van der Waals surface area (Å²) in [5, 5.41) is 0. The highest BCUT2D eigenvalue weighted by Gasteiger charge is 2.13. The third kappa shape index (κ3) is 2.01. The summed E-state index contributed by atoms with van der Waals surface area (Å²) in [6.45, 7) is 0. The van der Waals surface area contributed by atoms with E-state index in [1.54, 1.807) is 24.7 Å². The maximum absolute atomic E-state index is 13.9. The van der Waals surface area contributed by atoms with Crippen LogP contribution < -0.4 is 5.73 Å². The molecule has 0 fully saturated rings. The molecule has 2 N–H and O–H groups in total. The molecule has 0 unspecified atom stereocenters. The van der Waals surface area contributed by atoms with Crippen LogP contribution in [-0.4, -0.2) is 14.5 Å². The van der Waals surface area contributed by atoms with Crippen LogP contribution in [0.4, 0.5) is 14.5 Å². The third-order valence-corrected chi connectivity index (χ3v) is 2.94. The Morgan fingerprint density at radius 1 is 1.05 bits per heavy atom. The number of nitrogens with two attached hydrogens (primary N) is 1. The van der Waals surface area contributed by atoms with E-state index in [4.69, 9.17) is 5.73 Å². The molecule has 0 amide bonds. The number of hydrogen-bond donors (Lipinski definition) is 1. The van der Waals surface area contributed by atoms with E-state index in [1.807, 2.05) is 0 Å². The number of nitrogen functional groups attached to an aromatic ring is 1. The first kappa shape index (κ1) is 12.3. The van der Waals surface area contributed by atoms with Crippen molar-refractivity contribution >= 4 is 5.69 Å². The predicted octanol–water partition coefficient (Wildman–Crippen LogP) is 2.79. The second-order valence-electron chi connectivity index (χ2n) is 4.21. The first-order valence-electron chi connectivity index (χ1n) is 5.84. The van der Waals surface area contributed by atoms with Gasteiger partial charge < -0.3 is 5.73 Å². The van der Waals surface area contributed by atoms with Crippen LogP contribution in [0.1, 0.15) is 0 Å². The lowest BCUT2D eigenvalue weighted by molar-refractivity contribution is 0.578. The highest BCUT2D eigenvalue weighted by molar-refractivity contribution is 5.73. The van der Waals surface area contributed by atoms with E-state index in [9.17, 15) is 8.78 Å². The summed E-state index contributed by atoms with van der Waals surface area (Å²) < 4.78 is 28.4. The van der Waals surface area contributed by atoms with Crippen LogP contribution in [0.15, 0.2) is 49.2 Å². The van der Waals surface area contributed by atoms with E-state index in [0.29, 0.717) is 16.9 Å². The van der Waals surface area contributed by atoms with Crippen LogP contribution in [0.5, 0.6) is 0 Å². The molecule has 2 heterocycles.